The normalized spacial score (nSPS) is 13.2. The molecule has 1 unspecified atom stereocenters. The first-order valence-electron chi connectivity index (χ1n) is 4.31. The minimum Gasteiger partial charge on any atom is -0.393 e. The predicted octanol–water partition coefficient (Wildman–Crippen LogP) is 2.16. The fraction of sp³-hybridized carbons (Fsp3) is 0.667. The Morgan fingerprint density at radius 2 is 2.42 bits per heavy atom. The summed E-state index contributed by atoms with van der Waals surface area (Å²) in [4.78, 5) is 4.29. The van der Waals surface area contributed by atoms with E-state index < -0.39 is 0 Å². The Hall–Kier alpha value is -0.410. The van der Waals surface area contributed by atoms with Crippen molar-refractivity contribution in [3.63, 3.8) is 0 Å². The molecule has 0 aliphatic rings. The van der Waals surface area contributed by atoms with Crippen LogP contribution in [-0.2, 0) is 6.42 Å². The maximum Gasteiger partial charge on any atom is 0.0897 e. The first-order chi connectivity index (χ1) is 5.72. The van der Waals surface area contributed by atoms with Gasteiger partial charge in [0.25, 0.3) is 0 Å². The van der Waals surface area contributed by atoms with Gasteiger partial charge < -0.3 is 5.11 Å². The van der Waals surface area contributed by atoms with Gasteiger partial charge in [-0.05, 0) is 13.3 Å². The number of aryl methyl sites for hydroxylation is 1. The van der Waals surface area contributed by atoms with Gasteiger partial charge in [0.05, 0.1) is 16.8 Å². The Morgan fingerprint density at radius 3 is 2.92 bits per heavy atom. The molecule has 68 valence electrons. The minimum atomic E-state index is -0.212. The van der Waals surface area contributed by atoms with E-state index in [9.17, 15) is 5.11 Å². The molecule has 0 bridgehead atoms. The van der Waals surface area contributed by atoms with Crippen LogP contribution in [0.15, 0.2) is 5.38 Å². The van der Waals surface area contributed by atoms with Gasteiger partial charge in [-0.1, -0.05) is 13.3 Å². The number of aliphatic hydroxyl groups is 1. The first-order valence-corrected chi connectivity index (χ1v) is 5.19. The molecule has 0 saturated carbocycles. The van der Waals surface area contributed by atoms with Crippen LogP contribution in [0.4, 0.5) is 0 Å². The second kappa shape index (κ2) is 4.58. The lowest BCUT2D eigenvalue weighted by atomic mass is 10.1. The molecule has 1 aromatic heterocycles. The Morgan fingerprint density at radius 1 is 1.67 bits per heavy atom. The molecule has 1 atom stereocenters. The third-order valence-electron chi connectivity index (χ3n) is 1.73. The molecule has 0 aliphatic heterocycles. The maximum absolute atomic E-state index is 9.48. The Balaban J connectivity index is 2.41. The van der Waals surface area contributed by atoms with E-state index in [4.69, 9.17) is 0 Å². The largest absolute Gasteiger partial charge is 0.393 e. The summed E-state index contributed by atoms with van der Waals surface area (Å²) in [7, 11) is 0. The van der Waals surface area contributed by atoms with Crippen LogP contribution in [0.25, 0.3) is 0 Å². The zero-order chi connectivity index (χ0) is 8.97. The van der Waals surface area contributed by atoms with Crippen molar-refractivity contribution in [2.24, 2.45) is 0 Å². The molecule has 1 rings (SSSR count). The molecular formula is C9H15NOS. The van der Waals surface area contributed by atoms with Crippen LogP contribution < -0.4 is 0 Å². The van der Waals surface area contributed by atoms with Gasteiger partial charge in [-0.3, -0.25) is 0 Å². The molecule has 1 heterocycles. The summed E-state index contributed by atoms with van der Waals surface area (Å²) in [5.74, 6) is 0. The summed E-state index contributed by atoms with van der Waals surface area (Å²) in [6.07, 6.45) is 2.40. The van der Waals surface area contributed by atoms with Gasteiger partial charge in [-0.25, -0.2) is 4.98 Å². The number of hydrogen-bond acceptors (Lipinski definition) is 3. The predicted molar refractivity (Wildman–Crippen MR) is 51.5 cm³/mol. The molecule has 0 spiro atoms. The summed E-state index contributed by atoms with van der Waals surface area (Å²) >= 11 is 1.64. The highest BCUT2D eigenvalue weighted by Gasteiger charge is 2.06. The highest BCUT2D eigenvalue weighted by molar-refractivity contribution is 7.09. The number of hydrogen-bond donors (Lipinski definition) is 1. The third-order valence-corrected chi connectivity index (χ3v) is 2.56. The third kappa shape index (κ3) is 2.91. The topological polar surface area (TPSA) is 33.1 Å². The van der Waals surface area contributed by atoms with Crippen molar-refractivity contribution in [2.75, 3.05) is 0 Å². The van der Waals surface area contributed by atoms with Crippen molar-refractivity contribution in [1.82, 2.24) is 4.98 Å². The van der Waals surface area contributed by atoms with Crippen molar-refractivity contribution in [3.8, 4) is 0 Å². The monoisotopic (exact) mass is 185 g/mol. The molecule has 0 saturated heterocycles. The van der Waals surface area contributed by atoms with E-state index in [0.29, 0.717) is 6.42 Å². The lowest BCUT2D eigenvalue weighted by Crippen LogP contribution is -2.09. The van der Waals surface area contributed by atoms with Crippen molar-refractivity contribution in [2.45, 2.75) is 39.2 Å². The fourth-order valence-electron chi connectivity index (χ4n) is 1.18. The molecule has 0 amide bonds. The van der Waals surface area contributed by atoms with E-state index >= 15 is 0 Å². The quantitative estimate of drug-likeness (QED) is 0.779. The van der Waals surface area contributed by atoms with Crippen LogP contribution in [0.5, 0.6) is 0 Å². The lowest BCUT2D eigenvalue weighted by molar-refractivity contribution is 0.163. The highest BCUT2D eigenvalue weighted by Crippen LogP contribution is 2.11. The first kappa shape index (κ1) is 9.68. The average molecular weight is 185 g/mol. The number of rotatable bonds is 4. The van der Waals surface area contributed by atoms with Crippen molar-refractivity contribution < 1.29 is 5.11 Å². The number of aromatic nitrogens is 1. The minimum absolute atomic E-state index is 0.212. The van der Waals surface area contributed by atoms with Crippen molar-refractivity contribution >= 4 is 11.3 Å². The van der Waals surface area contributed by atoms with Gasteiger partial charge in [0.2, 0.25) is 0 Å². The van der Waals surface area contributed by atoms with Crippen LogP contribution in [-0.4, -0.2) is 16.2 Å². The molecule has 0 radical (unpaired) electrons. The fourth-order valence-corrected chi connectivity index (χ4v) is 1.80. The zero-order valence-electron chi connectivity index (χ0n) is 7.58. The summed E-state index contributed by atoms with van der Waals surface area (Å²) in [5, 5.41) is 12.6. The van der Waals surface area contributed by atoms with Crippen LogP contribution in [0, 0.1) is 6.92 Å². The Labute approximate surface area is 77.3 Å². The molecular weight excluding hydrogens is 170 g/mol. The summed E-state index contributed by atoms with van der Waals surface area (Å²) in [6.45, 7) is 4.07. The summed E-state index contributed by atoms with van der Waals surface area (Å²) in [5.41, 5.74) is 1.03. The molecule has 1 N–H and O–H groups in total. The van der Waals surface area contributed by atoms with E-state index in [2.05, 4.69) is 11.9 Å². The van der Waals surface area contributed by atoms with Gasteiger partial charge in [-0.15, -0.1) is 11.3 Å². The molecule has 3 heteroatoms. The molecule has 1 aromatic rings. The van der Waals surface area contributed by atoms with Gasteiger partial charge in [0.1, 0.15) is 0 Å². The molecule has 0 aromatic carbocycles. The van der Waals surface area contributed by atoms with E-state index in [1.165, 1.54) is 0 Å². The number of aliphatic hydroxyl groups excluding tert-OH is 1. The number of thiazole rings is 1. The molecule has 2 nitrogen and oxygen atoms in total. The van der Waals surface area contributed by atoms with Gasteiger partial charge in [0, 0.05) is 11.8 Å². The SMILES string of the molecule is CCCC(O)Cc1csc(C)n1. The molecule has 0 aliphatic carbocycles. The Bertz CT molecular complexity index is 234. The lowest BCUT2D eigenvalue weighted by Gasteiger charge is -2.05. The second-order valence-electron chi connectivity index (χ2n) is 3.00. The summed E-state index contributed by atoms with van der Waals surface area (Å²) < 4.78 is 0. The standard InChI is InChI=1S/C9H15NOS/c1-3-4-9(11)5-8-6-12-7(2)10-8/h6,9,11H,3-5H2,1-2H3. The van der Waals surface area contributed by atoms with Crippen molar-refractivity contribution in [1.29, 1.82) is 0 Å². The van der Waals surface area contributed by atoms with E-state index in [1.807, 2.05) is 12.3 Å². The summed E-state index contributed by atoms with van der Waals surface area (Å²) in [6, 6.07) is 0. The Kier molecular flexibility index (Phi) is 3.69. The zero-order valence-corrected chi connectivity index (χ0v) is 8.40. The van der Waals surface area contributed by atoms with Crippen LogP contribution >= 0.6 is 11.3 Å². The van der Waals surface area contributed by atoms with Crippen molar-refractivity contribution in [3.05, 3.63) is 16.1 Å². The van der Waals surface area contributed by atoms with E-state index in [1.54, 1.807) is 11.3 Å². The van der Waals surface area contributed by atoms with Crippen LogP contribution in [0.3, 0.4) is 0 Å². The van der Waals surface area contributed by atoms with Gasteiger partial charge in [-0.2, -0.15) is 0 Å². The van der Waals surface area contributed by atoms with Gasteiger partial charge >= 0.3 is 0 Å². The van der Waals surface area contributed by atoms with E-state index in [-0.39, 0.29) is 6.10 Å². The highest BCUT2D eigenvalue weighted by atomic mass is 32.1. The van der Waals surface area contributed by atoms with Gasteiger partial charge in [0.15, 0.2) is 0 Å². The number of nitrogens with zero attached hydrogens (tertiary/aromatic N) is 1. The molecule has 12 heavy (non-hydrogen) atoms. The van der Waals surface area contributed by atoms with Crippen LogP contribution in [0.2, 0.25) is 0 Å². The van der Waals surface area contributed by atoms with E-state index in [0.717, 1.165) is 23.5 Å². The van der Waals surface area contributed by atoms with Crippen LogP contribution in [0.1, 0.15) is 30.5 Å². The average Bonchev–Trinajstić information content (AvgIpc) is 2.36. The second-order valence-corrected chi connectivity index (χ2v) is 4.07. The smallest absolute Gasteiger partial charge is 0.0897 e. The maximum atomic E-state index is 9.48. The molecule has 0 fully saturated rings.